The molecule has 0 N–H and O–H groups in total. The minimum Gasteiger partial charge on any atom is -0.310 e. The average Bonchev–Trinajstić information content (AvgIpc) is 3.93. The number of anilines is 3. The lowest BCUT2D eigenvalue weighted by Crippen LogP contribution is -2.10. The molecule has 0 saturated carbocycles. The third-order valence-corrected chi connectivity index (χ3v) is 13.9. The number of benzene rings is 10. The maximum Gasteiger partial charge on any atom is 0.235 e. The number of aryl methyl sites for hydroxylation is 2. The van der Waals surface area contributed by atoms with Crippen molar-refractivity contribution in [1.82, 2.24) is 19.1 Å². The number of nitrogens with zero attached hydrogens (tertiary/aromatic N) is 5. The van der Waals surface area contributed by atoms with Crippen molar-refractivity contribution in [1.29, 1.82) is 0 Å². The molecule has 0 saturated heterocycles. The maximum atomic E-state index is 5.48. The van der Waals surface area contributed by atoms with Crippen LogP contribution in [0.4, 0.5) is 17.1 Å². The molecule has 0 aliphatic rings. The first-order chi connectivity index (χ1) is 35.0. The van der Waals surface area contributed by atoms with Crippen molar-refractivity contribution in [3.05, 3.63) is 260 Å². The molecule has 0 unspecified atom stereocenters. The normalized spacial score (nSPS) is 11.5. The zero-order chi connectivity index (χ0) is 47.4. The molecule has 10 aromatic carbocycles. The third-order valence-electron chi connectivity index (χ3n) is 13.9. The minimum absolute atomic E-state index is 0.602. The first kappa shape index (κ1) is 41.8. The number of hydrogen-bond donors (Lipinski definition) is 0. The predicted molar refractivity (Wildman–Crippen MR) is 297 cm³/mol. The number of rotatable bonds is 9. The molecule has 0 spiro atoms. The van der Waals surface area contributed by atoms with Gasteiger partial charge in [-0.25, -0.2) is 9.97 Å². The summed E-state index contributed by atoms with van der Waals surface area (Å²) in [7, 11) is 0. The largest absolute Gasteiger partial charge is 0.310 e. The Morgan fingerprint density at radius 2 is 0.704 bits per heavy atom. The van der Waals surface area contributed by atoms with Crippen LogP contribution in [0.3, 0.4) is 0 Å². The van der Waals surface area contributed by atoms with Crippen LogP contribution in [0.5, 0.6) is 0 Å². The Bertz CT molecular complexity index is 3920. The van der Waals surface area contributed by atoms with Gasteiger partial charge >= 0.3 is 0 Å². The molecule has 0 fully saturated rings. The van der Waals surface area contributed by atoms with Crippen LogP contribution in [0.15, 0.2) is 249 Å². The lowest BCUT2D eigenvalue weighted by molar-refractivity contribution is 0.996. The van der Waals surface area contributed by atoms with Crippen LogP contribution >= 0.6 is 0 Å². The van der Waals surface area contributed by atoms with Gasteiger partial charge < -0.3 is 9.47 Å². The lowest BCUT2D eigenvalue weighted by Gasteiger charge is -2.26. The molecule has 336 valence electrons. The molecule has 13 rings (SSSR count). The summed E-state index contributed by atoms with van der Waals surface area (Å²) in [6.45, 7) is 4.26. The van der Waals surface area contributed by atoms with Crippen molar-refractivity contribution in [2.45, 2.75) is 13.8 Å². The fraction of sp³-hybridized carbons (Fsp3) is 0.0303. The summed E-state index contributed by atoms with van der Waals surface area (Å²) in [6, 6.07) is 89.4. The van der Waals surface area contributed by atoms with E-state index in [1.54, 1.807) is 0 Å². The van der Waals surface area contributed by atoms with Crippen molar-refractivity contribution in [2.24, 2.45) is 0 Å². The van der Waals surface area contributed by atoms with Crippen LogP contribution in [0.1, 0.15) is 11.1 Å². The summed E-state index contributed by atoms with van der Waals surface area (Å²) < 4.78 is 4.68. The molecule has 0 aliphatic carbocycles. The van der Waals surface area contributed by atoms with Crippen molar-refractivity contribution < 1.29 is 0 Å². The van der Waals surface area contributed by atoms with Gasteiger partial charge in [0, 0.05) is 55.4 Å². The summed E-state index contributed by atoms with van der Waals surface area (Å²) in [5, 5.41) is 4.57. The Labute approximate surface area is 412 Å². The SMILES string of the molecule is Cc1ccc(-c2ccc(N(c3ccc(-c4ccc(C)cc4)cc3)c3ccc4c5cc6c(cc5n(-c5nc(-c7ccccc7)cc(-c7ccccc7)n5)c4c3)c3ccccc3n6-c3ccccc3)cc2)cc1. The van der Waals surface area contributed by atoms with E-state index in [-0.39, 0.29) is 0 Å². The fourth-order valence-corrected chi connectivity index (χ4v) is 10.3. The average molecular weight is 910 g/mol. The van der Waals surface area contributed by atoms with E-state index in [0.717, 1.165) is 83.5 Å². The van der Waals surface area contributed by atoms with Gasteiger partial charge in [0.25, 0.3) is 0 Å². The third kappa shape index (κ3) is 7.52. The molecular weight excluding hydrogens is 863 g/mol. The van der Waals surface area contributed by atoms with Crippen LogP contribution in [0.25, 0.3) is 100 Å². The molecule has 5 heteroatoms. The highest BCUT2D eigenvalue weighted by Gasteiger charge is 2.23. The molecular formula is C66H47N5. The van der Waals surface area contributed by atoms with E-state index in [1.807, 2.05) is 12.1 Å². The molecule has 13 aromatic rings. The van der Waals surface area contributed by atoms with Gasteiger partial charge in [-0.3, -0.25) is 4.57 Å². The van der Waals surface area contributed by atoms with Gasteiger partial charge in [-0.15, -0.1) is 0 Å². The molecule has 0 radical (unpaired) electrons. The summed E-state index contributed by atoms with van der Waals surface area (Å²) in [6.07, 6.45) is 0. The second kappa shape index (κ2) is 17.3. The second-order valence-corrected chi connectivity index (χ2v) is 18.4. The molecule has 71 heavy (non-hydrogen) atoms. The second-order valence-electron chi connectivity index (χ2n) is 18.4. The molecule has 3 heterocycles. The summed E-state index contributed by atoms with van der Waals surface area (Å²) >= 11 is 0. The van der Waals surface area contributed by atoms with Gasteiger partial charge in [0.15, 0.2) is 0 Å². The van der Waals surface area contributed by atoms with E-state index in [9.17, 15) is 0 Å². The highest BCUT2D eigenvalue weighted by atomic mass is 15.2. The summed E-state index contributed by atoms with van der Waals surface area (Å²) in [4.78, 5) is 13.3. The van der Waals surface area contributed by atoms with Gasteiger partial charge in [-0.05, 0) is 109 Å². The zero-order valence-corrected chi connectivity index (χ0v) is 39.4. The molecule has 0 bridgehead atoms. The number of para-hydroxylation sites is 2. The van der Waals surface area contributed by atoms with Crippen molar-refractivity contribution >= 4 is 60.7 Å². The van der Waals surface area contributed by atoms with Crippen molar-refractivity contribution in [2.75, 3.05) is 4.90 Å². The Balaban J connectivity index is 1.08. The fourth-order valence-electron chi connectivity index (χ4n) is 10.3. The van der Waals surface area contributed by atoms with E-state index in [0.29, 0.717) is 5.95 Å². The Hall–Kier alpha value is -9.32. The van der Waals surface area contributed by atoms with Crippen molar-refractivity contribution in [3.8, 4) is 56.4 Å². The first-order valence-electron chi connectivity index (χ1n) is 24.2. The first-order valence-corrected chi connectivity index (χ1v) is 24.2. The monoisotopic (exact) mass is 909 g/mol. The smallest absolute Gasteiger partial charge is 0.235 e. The minimum atomic E-state index is 0.602. The number of fused-ring (bicyclic) bond motifs is 6. The summed E-state index contributed by atoms with van der Waals surface area (Å²) in [5.74, 6) is 0.602. The van der Waals surface area contributed by atoms with E-state index >= 15 is 0 Å². The maximum absolute atomic E-state index is 5.48. The van der Waals surface area contributed by atoms with Gasteiger partial charge in [0.1, 0.15) is 0 Å². The van der Waals surface area contributed by atoms with E-state index in [2.05, 4.69) is 264 Å². The number of hydrogen-bond acceptors (Lipinski definition) is 3. The lowest BCUT2D eigenvalue weighted by atomic mass is 10.0. The summed E-state index contributed by atoms with van der Waals surface area (Å²) in [5.41, 5.74) is 19.5. The molecule has 0 aliphatic heterocycles. The highest BCUT2D eigenvalue weighted by Crippen LogP contribution is 2.43. The van der Waals surface area contributed by atoms with Crippen LogP contribution in [0, 0.1) is 13.8 Å². The number of aromatic nitrogens is 4. The Kier molecular flexibility index (Phi) is 10.2. The predicted octanol–water partition coefficient (Wildman–Crippen LogP) is 17.4. The molecule has 0 atom stereocenters. The molecule has 5 nitrogen and oxygen atoms in total. The zero-order valence-electron chi connectivity index (χ0n) is 39.4. The van der Waals surface area contributed by atoms with Gasteiger partial charge in [-0.2, -0.15) is 0 Å². The molecule has 0 amide bonds. The van der Waals surface area contributed by atoms with Crippen molar-refractivity contribution in [3.63, 3.8) is 0 Å². The highest BCUT2D eigenvalue weighted by molar-refractivity contribution is 6.19. The van der Waals surface area contributed by atoms with E-state index < -0.39 is 0 Å². The van der Waals surface area contributed by atoms with Crippen LogP contribution in [-0.4, -0.2) is 19.1 Å². The quantitative estimate of drug-likeness (QED) is 0.145. The topological polar surface area (TPSA) is 38.9 Å². The molecule has 3 aromatic heterocycles. The van der Waals surface area contributed by atoms with Gasteiger partial charge in [0.05, 0.1) is 33.5 Å². The van der Waals surface area contributed by atoms with E-state index in [1.165, 1.54) is 38.8 Å². The van der Waals surface area contributed by atoms with E-state index in [4.69, 9.17) is 9.97 Å². The Morgan fingerprint density at radius 1 is 0.296 bits per heavy atom. The van der Waals surface area contributed by atoms with Crippen LogP contribution in [-0.2, 0) is 0 Å². The van der Waals surface area contributed by atoms with Crippen LogP contribution in [0.2, 0.25) is 0 Å². The van der Waals surface area contributed by atoms with Crippen LogP contribution < -0.4 is 4.90 Å². The standard InChI is InChI=1S/C66H47N5/c1-44-22-26-46(27-23-44)48-30-34-53(35-31-48)69(54-36-32-49(33-37-54)47-28-24-45(2)25-29-47)55-38-39-57-59-41-64-58(56-20-12-13-21-62(56)70(64)52-18-10-5-11-19-52)42-65(59)71(63(57)40-55)66-67-60(50-14-6-3-7-15-50)43-61(68-66)51-16-8-4-9-17-51/h3-43H,1-2H3. The van der Waals surface area contributed by atoms with Gasteiger partial charge in [0.2, 0.25) is 5.95 Å². The Morgan fingerprint density at radius 3 is 1.23 bits per heavy atom. The van der Waals surface area contributed by atoms with Gasteiger partial charge in [-0.1, -0.05) is 187 Å².